The lowest BCUT2D eigenvalue weighted by Crippen LogP contribution is -2.48. The largest absolute Gasteiger partial charge is 0.497 e. The number of halogens is 3. The van der Waals surface area contributed by atoms with Crippen LogP contribution in [0.4, 0.5) is 0 Å². The minimum absolute atomic E-state index is 0. The predicted octanol–water partition coefficient (Wildman–Crippen LogP) is 5.58. The van der Waals surface area contributed by atoms with E-state index in [1.54, 1.807) is 19.2 Å². The van der Waals surface area contributed by atoms with Crippen LogP contribution in [-0.2, 0) is 17.6 Å². The number of ether oxygens (including phenoxy) is 1. The molecule has 1 aliphatic carbocycles. The first-order valence-corrected chi connectivity index (χ1v) is 11.3. The molecule has 0 unspecified atom stereocenters. The molecular formula is C24H29Cl3N2O2. The summed E-state index contributed by atoms with van der Waals surface area (Å²) in [6.07, 6.45) is 4.84. The summed E-state index contributed by atoms with van der Waals surface area (Å²) >= 11 is 12.2. The number of fused-ring (bicyclic) bond motifs is 1. The Balaban J connectivity index is 0.00000272. The van der Waals surface area contributed by atoms with E-state index in [1.165, 1.54) is 24.0 Å². The zero-order valence-electron chi connectivity index (χ0n) is 17.9. The van der Waals surface area contributed by atoms with Gasteiger partial charge in [-0.05, 0) is 79.7 Å². The Kier molecular flexibility index (Phi) is 8.14. The van der Waals surface area contributed by atoms with Gasteiger partial charge in [-0.1, -0.05) is 35.3 Å². The first kappa shape index (κ1) is 24.2. The van der Waals surface area contributed by atoms with Crippen LogP contribution < -0.4 is 4.74 Å². The lowest BCUT2D eigenvalue weighted by atomic mass is 9.82. The van der Waals surface area contributed by atoms with Gasteiger partial charge in [0.1, 0.15) is 5.75 Å². The molecule has 2 atom stereocenters. The Morgan fingerprint density at radius 3 is 2.55 bits per heavy atom. The van der Waals surface area contributed by atoms with E-state index in [1.807, 2.05) is 24.1 Å². The molecule has 31 heavy (non-hydrogen) atoms. The van der Waals surface area contributed by atoms with Gasteiger partial charge in [-0.2, -0.15) is 0 Å². The van der Waals surface area contributed by atoms with Crippen LogP contribution in [0.1, 0.15) is 42.0 Å². The number of methoxy groups -OCH3 is 1. The van der Waals surface area contributed by atoms with Gasteiger partial charge in [0.05, 0.1) is 29.6 Å². The van der Waals surface area contributed by atoms with Crippen LogP contribution in [0.2, 0.25) is 10.0 Å². The van der Waals surface area contributed by atoms with E-state index < -0.39 is 0 Å². The highest BCUT2D eigenvalue weighted by atomic mass is 35.5. The third-order valence-electron chi connectivity index (χ3n) is 6.50. The standard InChI is InChI=1S/C24H28Cl2N2O2.ClH/c1-27(23(29)14-16-5-9-20(25)21(26)13-16)24-19-8-7-18(30-2)15-17(19)6-10-22(24)28-11-3-4-12-28;/h5,7-9,13,15,22,24H,3-4,6,10-12,14H2,1-2H3;1H/t22-,24-;/m1./s1. The van der Waals surface area contributed by atoms with Gasteiger partial charge in [0.15, 0.2) is 0 Å². The number of hydrogen-bond acceptors (Lipinski definition) is 3. The van der Waals surface area contributed by atoms with Crippen molar-refractivity contribution in [1.82, 2.24) is 9.80 Å². The van der Waals surface area contributed by atoms with Crippen LogP contribution in [0, 0.1) is 0 Å². The average Bonchev–Trinajstić information content (AvgIpc) is 3.29. The summed E-state index contributed by atoms with van der Waals surface area (Å²) in [5, 5.41) is 0.986. The second kappa shape index (κ2) is 10.4. The van der Waals surface area contributed by atoms with Crippen LogP contribution >= 0.6 is 35.6 Å². The van der Waals surface area contributed by atoms with E-state index in [0.717, 1.165) is 37.2 Å². The van der Waals surface area contributed by atoms with Gasteiger partial charge < -0.3 is 9.64 Å². The third-order valence-corrected chi connectivity index (χ3v) is 7.24. The zero-order valence-corrected chi connectivity index (χ0v) is 20.3. The van der Waals surface area contributed by atoms with Crippen molar-refractivity contribution in [3.8, 4) is 5.75 Å². The minimum atomic E-state index is 0. The fraction of sp³-hybridized carbons (Fsp3) is 0.458. The minimum Gasteiger partial charge on any atom is -0.497 e. The van der Waals surface area contributed by atoms with Crippen molar-refractivity contribution < 1.29 is 9.53 Å². The molecule has 1 amide bonds. The molecule has 1 saturated heterocycles. The maximum Gasteiger partial charge on any atom is 0.227 e. The normalized spacial score (nSPS) is 20.6. The third kappa shape index (κ3) is 5.14. The number of likely N-dealkylation sites (N-methyl/N-ethyl adjacent to an activating group) is 1. The van der Waals surface area contributed by atoms with Gasteiger partial charge in [-0.3, -0.25) is 9.69 Å². The number of carbonyl (C=O) groups is 1. The van der Waals surface area contributed by atoms with Gasteiger partial charge in [-0.25, -0.2) is 0 Å². The molecule has 4 rings (SSSR count). The predicted molar refractivity (Wildman–Crippen MR) is 129 cm³/mol. The highest BCUT2D eigenvalue weighted by Gasteiger charge is 2.38. The molecule has 1 aliphatic heterocycles. The quantitative estimate of drug-likeness (QED) is 0.557. The molecule has 0 bridgehead atoms. The van der Waals surface area contributed by atoms with Crippen molar-refractivity contribution >= 4 is 41.5 Å². The molecular weight excluding hydrogens is 455 g/mol. The maximum atomic E-state index is 13.3. The van der Waals surface area contributed by atoms with E-state index in [4.69, 9.17) is 27.9 Å². The van der Waals surface area contributed by atoms with Gasteiger partial charge in [0, 0.05) is 13.1 Å². The summed E-state index contributed by atoms with van der Waals surface area (Å²) in [5.74, 6) is 0.961. The number of amides is 1. The summed E-state index contributed by atoms with van der Waals surface area (Å²) in [4.78, 5) is 17.8. The Morgan fingerprint density at radius 2 is 1.87 bits per heavy atom. The molecule has 2 aromatic carbocycles. The van der Waals surface area contributed by atoms with Crippen LogP contribution in [0.25, 0.3) is 0 Å². The van der Waals surface area contributed by atoms with Crippen molar-refractivity contribution in [2.75, 3.05) is 27.2 Å². The number of aryl methyl sites for hydroxylation is 1. The van der Waals surface area contributed by atoms with E-state index in [2.05, 4.69) is 17.0 Å². The van der Waals surface area contributed by atoms with Crippen LogP contribution in [0.3, 0.4) is 0 Å². The molecule has 0 radical (unpaired) electrons. The van der Waals surface area contributed by atoms with Gasteiger partial charge in [-0.15, -0.1) is 12.4 Å². The van der Waals surface area contributed by atoms with Crippen LogP contribution in [0.5, 0.6) is 5.75 Å². The Bertz CT molecular complexity index is 931. The highest BCUT2D eigenvalue weighted by Crippen LogP contribution is 2.39. The van der Waals surface area contributed by atoms with Gasteiger partial charge in [0.2, 0.25) is 5.91 Å². The SMILES string of the molecule is COc1ccc2c(c1)CC[C@@H](N1CCCC1)[C@@H]2N(C)C(=O)Cc1ccc(Cl)c(Cl)c1.Cl. The fourth-order valence-corrected chi connectivity index (χ4v) is 5.23. The second-order valence-corrected chi connectivity index (χ2v) is 9.10. The lowest BCUT2D eigenvalue weighted by molar-refractivity contribution is -0.133. The monoisotopic (exact) mass is 482 g/mol. The van der Waals surface area contributed by atoms with Crippen LogP contribution in [0.15, 0.2) is 36.4 Å². The molecule has 1 heterocycles. The lowest BCUT2D eigenvalue weighted by Gasteiger charge is -2.43. The molecule has 0 aromatic heterocycles. The van der Waals surface area contributed by atoms with Gasteiger partial charge >= 0.3 is 0 Å². The highest BCUT2D eigenvalue weighted by molar-refractivity contribution is 6.42. The molecule has 4 nitrogen and oxygen atoms in total. The first-order valence-electron chi connectivity index (χ1n) is 10.6. The van der Waals surface area contributed by atoms with Crippen LogP contribution in [-0.4, -0.2) is 49.0 Å². The molecule has 1 fully saturated rings. The molecule has 2 aromatic rings. The summed E-state index contributed by atoms with van der Waals surface area (Å²) < 4.78 is 5.44. The number of rotatable bonds is 5. The molecule has 7 heteroatoms. The summed E-state index contributed by atoms with van der Waals surface area (Å²) in [6.45, 7) is 2.23. The molecule has 0 saturated carbocycles. The number of carbonyl (C=O) groups excluding carboxylic acids is 1. The zero-order chi connectivity index (χ0) is 21.3. The Morgan fingerprint density at radius 1 is 1.13 bits per heavy atom. The smallest absolute Gasteiger partial charge is 0.227 e. The summed E-state index contributed by atoms with van der Waals surface area (Å²) in [5.41, 5.74) is 3.40. The topological polar surface area (TPSA) is 32.8 Å². The van der Waals surface area contributed by atoms with E-state index in [0.29, 0.717) is 22.5 Å². The number of nitrogens with zero attached hydrogens (tertiary/aromatic N) is 2. The number of hydrogen-bond donors (Lipinski definition) is 0. The van der Waals surface area contributed by atoms with E-state index >= 15 is 0 Å². The van der Waals surface area contributed by atoms with Crippen molar-refractivity contribution in [1.29, 1.82) is 0 Å². The molecule has 0 spiro atoms. The van der Waals surface area contributed by atoms with Crippen molar-refractivity contribution in [3.05, 3.63) is 63.1 Å². The summed E-state index contributed by atoms with van der Waals surface area (Å²) in [7, 11) is 3.63. The van der Waals surface area contributed by atoms with Gasteiger partial charge in [0.25, 0.3) is 0 Å². The van der Waals surface area contributed by atoms with Crippen molar-refractivity contribution in [2.24, 2.45) is 0 Å². The summed E-state index contributed by atoms with van der Waals surface area (Å²) in [6, 6.07) is 12.1. The molecule has 0 N–H and O–H groups in total. The van der Waals surface area contributed by atoms with Crippen molar-refractivity contribution in [2.45, 2.75) is 44.2 Å². The van der Waals surface area contributed by atoms with Crippen molar-refractivity contribution in [3.63, 3.8) is 0 Å². The Labute approximate surface area is 200 Å². The average molecular weight is 484 g/mol. The van der Waals surface area contributed by atoms with E-state index in [-0.39, 0.29) is 24.4 Å². The fourth-order valence-electron chi connectivity index (χ4n) is 4.91. The second-order valence-electron chi connectivity index (χ2n) is 8.29. The maximum absolute atomic E-state index is 13.3. The molecule has 2 aliphatic rings. The molecule has 168 valence electrons. The van der Waals surface area contributed by atoms with E-state index in [9.17, 15) is 4.79 Å². The first-order chi connectivity index (χ1) is 14.5. The number of benzene rings is 2. The number of likely N-dealkylation sites (tertiary alicyclic amines) is 1. The Hall–Kier alpha value is -1.46.